The van der Waals surface area contributed by atoms with Crippen molar-refractivity contribution in [1.82, 2.24) is 4.90 Å². The predicted octanol–water partition coefficient (Wildman–Crippen LogP) is 2.30. The Morgan fingerprint density at radius 2 is 1.90 bits per heavy atom. The molecule has 2 aromatic rings. The number of likely N-dealkylation sites (tertiary alicyclic amines) is 1. The summed E-state index contributed by atoms with van der Waals surface area (Å²) in [6.07, 6.45) is 0. The van der Waals surface area contributed by atoms with Crippen molar-refractivity contribution in [3.63, 3.8) is 0 Å². The Morgan fingerprint density at radius 3 is 2.76 bits per heavy atom. The van der Waals surface area contributed by atoms with Gasteiger partial charge in [-0.15, -0.1) is 0 Å². The average Bonchev–Trinajstić information content (AvgIpc) is 2.70. The van der Waals surface area contributed by atoms with Gasteiger partial charge in [-0.2, -0.15) is 0 Å². The number of nitrogens with zero attached hydrogens (tertiary/aromatic N) is 1. The Balaban J connectivity index is 1.98. The summed E-state index contributed by atoms with van der Waals surface area (Å²) < 4.78 is 7.45. The number of fused-ring (bicyclic) bond motifs is 5. The minimum absolute atomic E-state index is 0.116. The van der Waals surface area contributed by atoms with Crippen LogP contribution in [0.2, 0.25) is 0 Å². The van der Waals surface area contributed by atoms with Crippen molar-refractivity contribution in [2.75, 3.05) is 13.6 Å². The van der Waals surface area contributed by atoms with Gasteiger partial charge in [0, 0.05) is 0 Å². The first kappa shape index (κ1) is 13.5. The van der Waals surface area contributed by atoms with Crippen LogP contribution in [0.5, 0.6) is 11.5 Å². The minimum atomic E-state index is -0.116. The number of hydrogen-bond acceptors (Lipinski definition) is 2. The average molecular weight is 353 g/mol. The molecule has 0 aromatic heterocycles. The monoisotopic (exact) mass is 353 g/mol. The van der Waals surface area contributed by atoms with Gasteiger partial charge in [-0.05, 0) is 0 Å². The van der Waals surface area contributed by atoms with E-state index < -0.39 is 0 Å². The molecule has 2 aromatic carbocycles. The van der Waals surface area contributed by atoms with Gasteiger partial charge >= 0.3 is 144 Å². The van der Waals surface area contributed by atoms with Gasteiger partial charge in [0.1, 0.15) is 0 Å². The molecule has 4 heteroatoms. The topological polar surface area (TPSA) is 29.5 Å². The van der Waals surface area contributed by atoms with E-state index in [4.69, 9.17) is 4.74 Å². The zero-order valence-electron chi connectivity index (χ0n) is 11.7. The van der Waals surface area contributed by atoms with Crippen LogP contribution < -0.4 is 7.11 Å². The van der Waals surface area contributed by atoms with Crippen LogP contribution >= 0.6 is 0 Å². The molecule has 0 spiro atoms. The summed E-state index contributed by atoms with van der Waals surface area (Å²) in [4.78, 5) is 14.5. The summed E-state index contributed by atoms with van der Waals surface area (Å²) in [5.74, 6) is 1.98. The van der Waals surface area contributed by atoms with Crippen LogP contribution in [0.4, 0.5) is 0 Å². The summed E-state index contributed by atoms with van der Waals surface area (Å²) in [6, 6.07) is 14.3. The van der Waals surface area contributed by atoms with E-state index in [1.54, 1.807) is 0 Å². The summed E-state index contributed by atoms with van der Waals surface area (Å²) in [7, 11) is 1.89. The van der Waals surface area contributed by atoms with E-state index in [9.17, 15) is 4.79 Å². The van der Waals surface area contributed by atoms with Gasteiger partial charge in [0.2, 0.25) is 0 Å². The van der Waals surface area contributed by atoms with E-state index in [0.29, 0.717) is 0 Å². The summed E-state index contributed by atoms with van der Waals surface area (Å²) in [5, 5.41) is 0. The molecule has 4 rings (SSSR count). The van der Waals surface area contributed by atoms with Crippen LogP contribution in [0.3, 0.4) is 0 Å². The van der Waals surface area contributed by atoms with E-state index >= 15 is 0 Å². The van der Waals surface area contributed by atoms with E-state index in [0.717, 1.165) is 54.6 Å². The van der Waals surface area contributed by atoms with Crippen molar-refractivity contribution in [3.8, 4) is 11.5 Å². The molecule has 2 aliphatic heterocycles. The molecule has 1 amide bonds. The second-order valence-electron chi connectivity index (χ2n) is 5.74. The first-order valence-electron chi connectivity index (χ1n) is 7.06. The van der Waals surface area contributed by atoms with Gasteiger partial charge in [-0.1, -0.05) is 0 Å². The normalized spacial score (nSPS) is 22.9. The van der Waals surface area contributed by atoms with Gasteiger partial charge in [0.15, 0.2) is 0 Å². The maximum atomic E-state index is 12.6. The molecule has 3 nitrogen and oxygen atoms in total. The van der Waals surface area contributed by atoms with E-state index in [1.165, 1.54) is 7.94 Å². The van der Waals surface area contributed by atoms with Gasteiger partial charge < -0.3 is 0 Å². The Bertz CT molecular complexity index is 743. The summed E-state index contributed by atoms with van der Waals surface area (Å²) in [6.45, 7) is 0.762. The van der Waals surface area contributed by atoms with Crippen molar-refractivity contribution in [3.05, 3.63) is 53.6 Å². The molecular formula is C17H14NO2Y. The molecule has 2 unspecified atom stereocenters. The Kier molecular flexibility index (Phi) is 3.16. The van der Waals surface area contributed by atoms with E-state index in [1.807, 2.05) is 36.2 Å². The van der Waals surface area contributed by atoms with Crippen LogP contribution in [0.15, 0.2) is 42.5 Å². The molecule has 2 atom stereocenters. The number of hydrogen-bond donors (Lipinski definition) is 0. The summed E-state index contributed by atoms with van der Waals surface area (Å²) >= 11 is 1.07. The molecule has 0 saturated carbocycles. The fraction of sp³-hybridized carbons (Fsp3) is 0.235. The van der Waals surface area contributed by atoms with Crippen LogP contribution in [0.1, 0.15) is 23.0 Å². The fourth-order valence-corrected chi connectivity index (χ4v) is 4.10. The molecule has 21 heavy (non-hydrogen) atoms. The first-order chi connectivity index (χ1) is 10.1. The quantitative estimate of drug-likeness (QED) is 0.728. The third-order valence-electron chi connectivity index (χ3n) is 4.42. The van der Waals surface area contributed by atoms with Gasteiger partial charge in [0.05, 0.1) is 0 Å². The Hall–Kier alpha value is -1.19. The molecule has 2 heterocycles. The molecular weight excluding hydrogens is 339 g/mol. The molecule has 102 valence electrons. The third kappa shape index (κ3) is 2.06. The molecule has 0 N–H and O–H groups in total. The molecule has 1 fully saturated rings. The zero-order chi connectivity index (χ0) is 14.6. The second kappa shape index (κ2) is 4.93. The number of likely N-dealkylation sites (N-methyl/N-ethyl adjacent to an activating group) is 1. The predicted molar refractivity (Wildman–Crippen MR) is 75.7 cm³/mol. The molecule has 0 aliphatic carbocycles. The SMILES string of the molecule is CN1CC2c3c[c]([Y])ccc3Oc3ccccc3C2C1=O. The van der Waals surface area contributed by atoms with Gasteiger partial charge in [-0.25, -0.2) is 0 Å². The molecule has 0 bridgehead atoms. The Labute approximate surface area is 143 Å². The van der Waals surface area contributed by atoms with Crippen molar-refractivity contribution < 1.29 is 40.5 Å². The maximum absolute atomic E-state index is 12.6. The number of amides is 1. The molecule has 2 aliphatic rings. The fourth-order valence-electron chi connectivity index (χ4n) is 3.43. The van der Waals surface area contributed by atoms with Crippen molar-refractivity contribution in [2.45, 2.75) is 11.8 Å². The Morgan fingerprint density at radius 1 is 1.14 bits per heavy atom. The van der Waals surface area contributed by atoms with Crippen LogP contribution in [-0.2, 0) is 35.7 Å². The molecule has 1 saturated heterocycles. The summed E-state index contributed by atoms with van der Waals surface area (Å²) in [5.41, 5.74) is 2.20. The van der Waals surface area contributed by atoms with Gasteiger partial charge in [0.25, 0.3) is 0 Å². The van der Waals surface area contributed by atoms with Crippen LogP contribution in [-0.4, -0.2) is 24.4 Å². The van der Waals surface area contributed by atoms with Gasteiger partial charge in [-0.3, -0.25) is 0 Å². The number of ether oxygens (including phenoxy) is 1. The standard InChI is InChI=1S/C17H14NO2.Y/c1-18-10-13-11-6-2-4-8-14(11)20-15-9-5-3-7-12(15)16(13)17(18)19;/h3-9,13,16H,10H2,1H3;. The zero-order valence-corrected chi connectivity index (χ0v) is 14.6. The number of rotatable bonds is 0. The molecule has 0 radical (unpaired) electrons. The number of carbonyl (C=O) groups is 1. The van der Waals surface area contributed by atoms with E-state index in [-0.39, 0.29) is 17.7 Å². The van der Waals surface area contributed by atoms with Crippen molar-refractivity contribution in [1.29, 1.82) is 0 Å². The van der Waals surface area contributed by atoms with Crippen LogP contribution in [0, 0.1) is 0 Å². The van der Waals surface area contributed by atoms with E-state index in [2.05, 4.69) is 18.2 Å². The van der Waals surface area contributed by atoms with Crippen molar-refractivity contribution in [2.24, 2.45) is 0 Å². The second-order valence-corrected chi connectivity index (χ2v) is 7.38. The number of benzene rings is 2. The third-order valence-corrected chi connectivity index (χ3v) is 5.31. The number of para-hydroxylation sites is 1. The van der Waals surface area contributed by atoms with Crippen molar-refractivity contribution >= 4 is 8.28 Å². The van der Waals surface area contributed by atoms with Crippen LogP contribution in [0.25, 0.3) is 0 Å². The first-order valence-corrected chi connectivity index (χ1v) is 8.48. The number of carbonyl (C=O) groups excluding carboxylic acids is 1.